The molecule has 0 spiro atoms. The van der Waals surface area contributed by atoms with Gasteiger partial charge in [0.2, 0.25) is 27.7 Å². The Bertz CT molecular complexity index is 1680. The molecule has 260 valence electrons. The number of hydrogen-bond donors (Lipinski definition) is 2. The van der Waals surface area contributed by atoms with Crippen molar-refractivity contribution in [3.05, 3.63) is 36.5 Å². The molecule has 5 unspecified atom stereocenters. The van der Waals surface area contributed by atoms with Gasteiger partial charge in [-0.3, -0.25) is 19.1 Å². The highest BCUT2D eigenvalue weighted by molar-refractivity contribution is 7.90. The number of likely N-dealkylation sites (N-methyl/N-ethyl adjacent to an activating group) is 1. The number of anilines is 1. The summed E-state index contributed by atoms with van der Waals surface area (Å²) in [5, 5.41) is 3.87. The largest absolute Gasteiger partial charge is 0.489 e. The average molecular weight is 682 g/mol. The number of sulfonamides is 1. The maximum absolute atomic E-state index is 14.0. The number of carbonyl (C=O) groups excluding carboxylic acids is 3. The summed E-state index contributed by atoms with van der Waals surface area (Å²) in [4.78, 5) is 49.3. The van der Waals surface area contributed by atoms with Crippen LogP contribution in [0.25, 0.3) is 10.8 Å². The molecule has 12 nitrogen and oxygen atoms in total. The summed E-state index contributed by atoms with van der Waals surface area (Å²) in [5.74, 6) is 0.269. The van der Waals surface area contributed by atoms with Crippen molar-refractivity contribution in [2.24, 2.45) is 11.8 Å². The molecule has 0 bridgehead atoms. The summed E-state index contributed by atoms with van der Waals surface area (Å²) < 4.78 is 39.9. The molecule has 3 amide bonds. The smallest absolute Gasteiger partial charge is 0.256 e. The van der Waals surface area contributed by atoms with Gasteiger partial charge in [-0.05, 0) is 75.0 Å². The van der Waals surface area contributed by atoms with Crippen molar-refractivity contribution in [2.75, 3.05) is 31.6 Å². The minimum atomic E-state index is -3.80. The fourth-order valence-electron chi connectivity index (χ4n) is 7.10. The molecule has 2 fully saturated rings. The predicted octanol–water partition coefficient (Wildman–Crippen LogP) is 3.69. The van der Waals surface area contributed by atoms with Gasteiger partial charge in [0.25, 0.3) is 5.91 Å². The lowest BCUT2D eigenvalue weighted by atomic mass is 9.91. The highest BCUT2D eigenvalue weighted by atomic mass is 32.2. The molecule has 1 aromatic carbocycles. The third-order valence-corrected chi connectivity index (χ3v) is 11.7. The molecule has 48 heavy (non-hydrogen) atoms. The number of carbonyl (C=O) groups is 3. The van der Waals surface area contributed by atoms with E-state index in [1.54, 1.807) is 11.1 Å². The van der Waals surface area contributed by atoms with Gasteiger partial charge in [0, 0.05) is 36.9 Å². The van der Waals surface area contributed by atoms with Crippen LogP contribution < -0.4 is 24.4 Å². The first-order valence-corrected chi connectivity index (χ1v) is 18.8. The van der Waals surface area contributed by atoms with Gasteiger partial charge in [0.15, 0.2) is 5.75 Å². The van der Waals surface area contributed by atoms with Crippen molar-refractivity contribution >= 4 is 44.2 Å². The van der Waals surface area contributed by atoms with Gasteiger partial charge in [-0.15, -0.1) is 0 Å². The topological polar surface area (TPSA) is 147 Å². The minimum Gasteiger partial charge on any atom is -0.489 e. The van der Waals surface area contributed by atoms with E-state index in [0.29, 0.717) is 37.7 Å². The van der Waals surface area contributed by atoms with Crippen LogP contribution in [-0.2, 0) is 24.4 Å². The van der Waals surface area contributed by atoms with Gasteiger partial charge in [-0.25, -0.2) is 13.4 Å². The predicted molar refractivity (Wildman–Crippen MR) is 182 cm³/mol. The van der Waals surface area contributed by atoms with E-state index in [0.717, 1.165) is 48.0 Å². The molecule has 5 atom stereocenters. The number of hydrogen-bond acceptors (Lipinski definition) is 9. The Hall–Kier alpha value is -3.87. The van der Waals surface area contributed by atoms with E-state index in [-0.39, 0.29) is 37.6 Å². The Morgan fingerprint density at radius 3 is 2.56 bits per heavy atom. The number of aromatic nitrogens is 1. The molecule has 2 aromatic rings. The number of fused-ring (bicyclic) bond motifs is 4. The Balaban J connectivity index is 1.25. The number of nitrogens with one attached hydrogen (secondary N) is 2. The van der Waals surface area contributed by atoms with Crippen molar-refractivity contribution < 1.29 is 32.3 Å². The molecule has 13 heteroatoms. The average Bonchev–Trinajstić information content (AvgIpc) is 3.82. The van der Waals surface area contributed by atoms with Gasteiger partial charge < -0.3 is 24.6 Å². The Labute approximate surface area is 282 Å². The Morgan fingerprint density at radius 2 is 1.79 bits per heavy atom. The number of rotatable bonds is 5. The molecule has 4 heterocycles. The SMILES string of the molecule is CC1CC/C=C\CCC(C(=O)NS(=O)(=O)C2CC2)NC(=O)C2CC(Oc3nccc4c5c(ccc34)N(C)CCO5)CN2C(=O)CC(C)C1. The summed E-state index contributed by atoms with van der Waals surface area (Å²) in [5.41, 5.74) is 0.984. The van der Waals surface area contributed by atoms with Crippen LogP contribution in [0.3, 0.4) is 0 Å². The third kappa shape index (κ3) is 7.71. The van der Waals surface area contributed by atoms with Crippen molar-refractivity contribution in [3.8, 4) is 11.6 Å². The lowest BCUT2D eigenvalue weighted by Gasteiger charge is -2.28. The fourth-order valence-corrected chi connectivity index (χ4v) is 8.44. The van der Waals surface area contributed by atoms with Crippen molar-refractivity contribution in [3.63, 3.8) is 0 Å². The Kier molecular flexibility index (Phi) is 10.1. The number of pyridine rings is 1. The summed E-state index contributed by atoms with van der Waals surface area (Å²) >= 11 is 0. The quantitative estimate of drug-likeness (QED) is 0.451. The number of amides is 3. The van der Waals surface area contributed by atoms with E-state index in [9.17, 15) is 22.8 Å². The number of ether oxygens (including phenoxy) is 2. The van der Waals surface area contributed by atoms with Gasteiger partial charge in [0.1, 0.15) is 24.8 Å². The number of allylic oxidation sites excluding steroid dienone is 2. The first-order chi connectivity index (χ1) is 23.0. The lowest BCUT2D eigenvalue weighted by molar-refractivity contribution is -0.140. The lowest BCUT2D eigenvalue weighted by Crippen LogP contribution is -2.54. The van der Waals surface area contributed by atoms with Crippen LogP contribution in [0.15, 0.2) is 36.5 Å². The van der Waals surface area contributed by atoms with Crippen LogP contribution >= 0.6 is 0 Å². The second-order valence-corrected chi connectivity index (χ2v) is 15.9. The minimum absolute atomic E-state index is 0.114. The van der Waals surface area contributed by atoms with Gasteiger partial charge in [0.05, 0.1) is 24.0 Å². The first kappa shape index (κ1) is 34.0. The molecule has 3 aliphatic heterocycles. The molecule has 4 aliphatic rings. The number of benzene rings is 1. The van der Waals surface area contributed by atoms with E-state index < -0.39 is 45.3 Å². The highest BCUT2D eigenvalue weighted by Gasteiger charge is 2.43. The maximum atomic E-state index is 14.0. The van der Waals surface area contributed by atoms with Crippen LogP contribution in [0, 0.1) is 11.8 Å². The fraction of sp³-hybridized carbons (Fsp3) is 0.600. The van der Waals surface area contributed by atoms with Crippen LogP contribution in [0.1, 0.15) is 71.6 Å². The molecular formula is C35H47N5O7S. The van der Waals surface area contributed by atoms with Crippen molar-refractivity contribution in [1.82, 2.24) is 19.9 Å². The van der Waals surface area contributed by atoms with Crippen LogP contribution in [0.4, 0.5) is 5.69 Å². The highest BCUT2D eigenvalue weighted by Crippen LogP contribution is 2.41. The van der Waals surface area contributed by atoms with Crippen LogP contribution in [-0.4, -0.2) is 86.2 Å². The Morgan fingerprint density at radius 1 is 1.02 bits per heavy atom. The van der Waals surface area contributed by atoms with E-state index in [1.807, 2.05) is 31.3 Å². The molecule has 6 rings (SSSR count). The monoisotopic (exact) mass is 681 g/mol. The third-order valence-electron chi connectivity index (χ3n) is 9.87. The first-order valence-electron chi connectivity index (χ1n) is 17.2. The molecule has 1 aliphatic carbocycles. The number of nitrogens with zero attached hydrogens (tertiary/aromatic N) is 3. The second kappa shape index (κ2) is 14.3. The van der Waals surface area contributed by atoms with Crippen molar-refractivity contribution in [1.29, 1.82) is 0 Å². The molecule has 1 aromatic heterocycles. The zero-order chi connectivity index (χ0) is 34.0. The van der Waals surface area contributed by atoms with E-state index in [4.69, 9.17) is 9.47 Å². The van der Waals surface area contributed by atoms with E-state index >= 15 is 0 Å². The summed E-state index contributed by atoms with van der Waals surface area (Å²) in [6.45, 7) is 5.78. The van der Waals surface area contributed by atoms with Gasteiger partial charge in [-0.1, -0.05) is 26.0 Å². The van der Waals surface area contributed by atoms with Crippen LogP contribution in [0.2, 0.25) is 0 Å². The molecule has 1 saturated heterocycles. The van der Waals surface area contributed by atoms with Gasteiger partial charge >= 0.3 is 0 Å². The van der Waals surface area contributed by atoms with Crippen molar-refractivity contribution in [2.45, 2.75) is 95.1 Å². The molecular weight excluding hydrogens is 634 g/mol. The molecule has 1 saturated carbocycles. The standard InChI is InChI=1S/C35H47N5O7S/c1-22-8-6-4-5-7-9-28(33(42)38-48(44,45)25-10-11-25)37-34(43)30-20-24(21-40(30)31(41)19-23(2)18-22)47-35-27-12-13-29-32(26(27)14-15-36-35)46-17-16-39(29)3/h4-5,12-15,22-25,28,30H,6-11,16-21H2,1-3H3,(H,37,43)(H,38,42)/b5-4-. The van der Waals surface area contributed by atoms with E-state index in [1.165, 1.54) is 0 Å². The zero-order valence-electron chi connectivity index (χ0n) is 28.0. The molecule has 2 N–H and O–H groups in total. The normalized spacial score (nSPS) is 28.2. The molecule has 0 radical (unpaired) electrons. The van der Waals surface area contributed by atoms with E-state index in [2.05, 4.69) is 39.8 Å². The summed E-state index contributed by atoms with van der Waals surface area (Å²) in [7, 11) is -1.78. The maximum Gasteiger partial charge on any atom is 0.256 e. The zero-order valence-corrected chi connectivity index (χ0v) is 28.8. The van der Waals surface area contributed by atoms with Gasteiger partial charge in [-0.2, -0.15) is 0 Å². The van der Waals surface area contributed by atoms with Crippen LogP contribution in [0.5, 0.6) is 11.6 Å². The second-order valence-electron chi connectivity index (χ2n) is 14.0. The summed E-state index contributed by atoms with van der Waals surface area (Å²) in [6.07, 6.45) is 10.1. The summed E-state index contributed by atoms with van der Waals surface area (Å²) in [6, 6.07) is 3.85.